The van der Waals surface area contributed by atoms with Crippen molar-refractivity contribution in [2.24, 2.45) is 5.73 Å². The highest BCUT2D eigenvalue weighted by Crippen LogP contribution is 2.09. The molecule has 0 aromatic heterocycles. The Kier molecular flexibility index (Phi) is 11.9. The summed E-state index contributed by atoms with van der Waals surface area (Å²) in [6.45, 7) is 0.737. The highest BCUT2D eigenvalue weighted by atomic mass is 79.9. The van der Waals surface area contributed by atoms with E-state index >= 15 is 0 Å². The molecule has 0 saturated carbocycles. The van der Waals surface area contributed by atoms with Gasteiger partial charge in [0.25, 0.3) is 0 Å². The van der Waals surface area contributed by atoms with Crippen molar-refractivity contribution >= 4 is 48.8 Å². The summed E-state index contributed by atoms with van der Waals surface area (Å²) in [7, 11) is 0. The monoisotopic (exact) mass is 295 g/mol. The molecule has 0 fully saturated rings. The first kappa shape index (κ1) is 11.2. The highest BCUT2D eigenvalue weighted by molar-refractivity contribution is 9.24. The van der Waals surface area contributed by atoms with Crippen molar-refractivity contribution in [3.8, 4) is 0 Å². The van der Waals surface area contributed by atoms with Gasteiger partial charge in [-0.2, -0.15) is 0 Å². The maximum Gasteiger partial charge on any atom is 0.0709 e. The Balaban J connectivity index is 0. The third kappa shape index (κ3) is 11.1. The zero-order chi connectivity index (χ0) is 4.99. The fourth-order valence-corrected chi connectivity index (χ4v) is 0.655. The Morgan fingerprint density at radius 1 is 1.43 bits per heavy atom. The van der Waals surface area contributed by atoms with E-state index in [-0.39, 0.29) is 17.0 Å². The minimum atomic E-state index is 0. The second kappa shape index (κ2) is 7.40. The van der Waals surface area contributed by atoms with Crippen LogP contribution in [0.3, 0.4) is 0 Å². The standard InChI is InChI=1S/C3H7Br2N.BrH/c4-3(5)1-2-6;/h3H,1-2,6H2;1H. The van der Waals surface area contributed by atoms with Crippen molar-refractivity contribution in [3.63, 3.8) is 0 Å². The van der Waals surface area contributed by atoms with Crippen molar-refractivity contribution in [1.82, 2.24) is 0 Å². The van der Waals surface area contributed by atoms with Crippen LogP contribution in [0.15, 0.2) is 0 Å². The van der Waals surface area contributed by atoms with Gasteiger partial charge in [0.1, 0.15) is 0 Å². The summed E-state index contributed by atoms with van der Waals surface area (Å²) in [5.74, 6) is 0. The molecule has 0 heterocycles. The molecule has 0 atom stereocenters. The van der Waals surface area contributed by atoms with Gasteiger partial charge in [0, 0.05) is 0 Å². The van der Waals surface area contributed by atoms with E-state index in [4.69, 9.17) is 5.73 Å². The summed E-state index contributed by atoms with van der Waals surface area (Å²) in [6, 6.07) is 0. The molecule has 0 rings (SSSR count). The average Bonchev–Trinajstić information content (AvgIpc) is 1.35. The molecule has 4 heteroatoms. The van der Waals surface area contributed by atoms with Gasteiger partial charge in [0.15, 0.2) is 0 Å². The molecular formula is C3H8Br3N. The second-order valence-corrected chi connectivity index (χ2v) is 4.41. The van der Waals surface area contributed by atoms with Crippen LogP contribution in [0.5, 0.6) is 0 Å². The van der Waals surface area contributed by atoms with Crippen LogP contribution in [0.2, 0.25) is 0 Å². The number of hydrogen-bond acceptors (Lipinski definition) is 1. The van der Waals surface area contributed by atoms with Crippen molar-refractivity contribution in [3.05, 3.63) is 0 Å². The quantitative estimate of drug-likeness (QED) is 0.776. The van der Waals surface area contributed by atoms with Crippen molar-refractivity contribution < 1.29 is 0 Å². The second-order valence-electron chi connectivity index (χ2n) is 0.968. The predicted molar refractivity (Wildman–Crippen MR) is 45.6 cm³/mol. The summed E-state index contributed by atoms with van der Waals surface area (Å²) in [5.41, 5.74) is 5.17. The summed E-state index contributed by atoms with van der Waals surface area (Å²) in [5, 5.41) is 0. The van der Waals surface area contributed by atoms with Gasteiger partial charge in [0.2, 0.25) is 0 Å². The van der Waals surface area contributed by atoms with Gasteiger partial charge in [0.05, 0.1) is 3.74 Å². The van der Waals surface area contributed by atoms with Gasteiger partial charge in [-0.3, -0.25) is 0 Å². The molecule has 0 spiro atoms. The Hall–Kier alpha value is 1.40. The summed E-state index contributed by atoms with van der Waals surface area (Å²) >= 11 is 6.54. The lowest BCUT2D eigenvalue weighted by molar-refractivity contribution is 0.929. The Morgan fingerprint density at radius 2 is 1.86 bits per heavy atom. The van der Waals surface area contributed by atoms with Crippen LogP contribution in [0.1, 0.15) is 6.42 Å². The third-order valence-electron chi connectivity index (χ3n) is 0.385. The average molecular weight is 298 g/mol. The maximum atomic E-state index is 5.17. The minimum Gasteiger partial charge on any atom is -0.330 e. The van der Waals surface area contributed by atoms with Crippen LogP contribution < -0.4 is 5.73 Å². The fraction of sp³-hybridized carbons (Fsp3) is 1.00. The van der Waals surface area contributed by atoms with E-state index in [1.165, 1.54) is 0 Å². The predicted octanol–water partition coefficient (Wildman–Crippen LogP) is 2.03. The molecule has 1 nitrogen and oxygen atoms in total. The fourth-order valence-electron chi connectivity index (χ4n) is 0.126. The number of halogens is 3. The molecule has 0 aromatic carbocycles. The first-order chi connectivity index (χ1) is 2.77. The third-order valence-corrected chi connectivity index (χ3v) is 1.30. The van der Waals surface area contributed by atoms with Crippen molar-refractivity contribution in [2.45, 2.75) is 10.2 Å². The van der Waals surface area contributed by atoms with Gasteiger partial charge in [-0.1, -0.05) is 31.9 Å². The molecule has 0 radical (unpaired) electrons. The van der Waals surface area contributed by atoms with E-state index in [2.05, 4.69) is 31.9 Å². The molecule has 0 aliphatic carbocycles. The highest BCUT2D eigenvalue weighted by Gasteiger charge is 1.90. The van der Waals surface area contributed by atoms with Crippen LogP contribution in [-0.2, 0) is 0 Å². The smallest absolute Gasteiger partial charge is 0.0709 e. The molecule has 0 aromatic rings. The molecule has 2 N–H and O–H groups in total. The first-order valence-corrected chi connectivity index (χ1v) is 3.58. The van der Waals surface area contributed by atoms with Gasteiger partial charge >= 0.3 is 0 Å². The maximum absolute atomic E-state index is 5.17. The lowest BCUT2D eigenvalue weighted by Gasteiger charge is -1.91. The van der Waals surface area contributed by atoms with Gasteiger partial charge in [-0.15, -0.1) is 17.0 Å². The van der Waals surface area contributed by atoms with Crippen LogP contribution in [-0.4, -0.2) is 10.3 Å². The topological polar surface area (TPSA) is 26.0 Å². The molecular weight excluding hydrogens is 290 g/mol. The Bertz CT molecular complexity index is 31.4. The summed E-state index contributed by atoms with van der Waals surface area (Å²) in [6.07, 6.45) is 0.986. The lowest BCUT2D eigenvalue weighted by Crippen LogP contribution is -2.01. The van der Waals surface area contributed by atoms with Gasteiger partial charge in [-0.05, 0) is 13.0 Å². The van der Waals surface area contributed by atoms with E-state index in [1.807, 2.05) is 0 Å². The van der Waals surface area contributed by atoms with Crippen molar-refractivity contribution in [1.29, 1.82) is 0 Å². The SMILES string of the molecule is Br.NCCC(Br)Br. The van der Waals surface area contributed by atoms with Crippen LogP contribution in [0.25, 0.3) is 0 Å². The van der Waals surface area contributed by atoms with Crippen LogP contribution >= 0.6 is 48.8 Å². The largest absolute Gasteiger partial charge is 0.330 e. The first-order valence-electron chi connectivity index (χ1n) is 1.75. The Morgan fingerprint density at radius 3 is 1.86 bits per heavy atom. The van der Waals surface area contributed by atoms with Crippen molar-refractivity contribution in [2.75, 3.05) is 6.54 Å². The lowest BCUT2D eigenvalue weighted by atomic mass is 10.5. The molecule has 0 amide bonds. The van der Waals surface area contributed by atoms with E-state index in [0.717, 1.165) is 13.0 Å². The molecule has 0 aliphatic rings. The summed E-state index contributed by atoms with van der Waals surface area (Å²) in [4.78, 5) is 0. The number of rotatable bonds is 2. The van der Waals surface area contributed by atoms with E-state index in [0.29, 0.717) is 3.74 Å². The zero-order valence-corrected chi connectivity index (χ0v) is 8.62. The number of hydrogen-bond donors (Lipinski definition) is 1. The molecule has 7 heavy (non-hydrogen) atoms. The number of alkyl halides is 2. The minimum absolute atomic E-state index is 0. The normalized spacial score (nSPS) is 8.57. The van der Waals surface area contributed by atoms with Crippen LogP contribution in [0.4, 0.5) is 0 Å². The molecule has 0 unspecified atom stereocenters. The molecule has 46 valence electrons. The van der Waals surface area contributed by atoms with E-state index in [1.54, 1.807) is 0 Å². The molecule has 0 aliphatic heterocycles. The van der Waals surface area contributed by atoms with E-state index in [9.17, 15) is 0 Å². The summed E-state index contributed by atoms with van der Waals surface area (Å²) < 4.78 is 0.398. The molecule has 0 bridgehead atoms. The van der Waals surface area contributed by atoms with E-state index < -0.39 is 0 Å². The van der Waals surface area contributed by atoms with Gasteiger partial charge < -0.3 is 5.73 Å². The van der Waals surface area contributed by atoms with Crippen LogP contribution in [0, 0.1) is 0 Å². The van der Waals surface area contributed by atoms with Gasteiger partial charge in [-0.25, -0.2) is 0 Å². The molecule has 0 saturated heterocycles. The number of nitrogens with two attached hydrogens (primary N) is 1. The zero-order valence-electron chi connectivity index (χ0n) is 3.73. The Labute approximate surface area is 71.1 Å².